The highest BCUT2D eigenvalue weighted by molar-refractivity contribution is 5.50. The predicted octanol–water partition coefficient (Wildman–Crippen LogP) is 3.30. The molecule has 1 aromatic carbocycles. The average molecular weight is 280 g/mol. The molecule has 0 saturated heterocycles. The molecule has 2 aromatic rings. The number of rotatable bonds is 6. The fourth-order valence-corrected chi connectivity index (χ4v) is 2.07. The first-order valence-corrected chi connectivity index (χ1v) is 6.54. The lowest BCUT2D eigenvalue weighted by molar-refractivity contribution is 0.501. The molecule has 0 radical (unpaired) electrons. The summed E-state index contributed by atoms with van der Waals surface area (Å²) in [6.07, 6.45) is 1.54. The molecule has 108 valence electrons. The lowest BCUT2D eigenvalue weighted by Crippen LogP contribution is -2.20. The molecule has 1 N–H and O–H groups in total. The monoisotopic (exact) mass is 280 g/mol. The van der Waals surface area contributed by atoms with Crippen LogP contribution in [0, 0.1) is 11.6 Å². The number of hydrogen-bond acceptors (Lipinski definition) is 3. The van der Waals surface area contributed by atoms with E-state index in [4.69, 9.17) is 4.42 Å². The summed E-state index contributed by atoms with van der Waals surface area (Å²) in [5.74, 6) is -0.470. The third kappa shape index (κ3) is 3.36. The lowest BCUT2D eigenvalue weighted by atomic mass is 10.1. The van der Waals surface area contributed by atoms with Crippen molar-refractivity contribution in [3.63, 3.8) is 0 Å². The normalized spacial score (nSPS) is 10.8. The van der Waals surface area contributed by atoms with Gasteiger partial charge >= 0.3 is 0 Å². The molecule has 20 heavy (non-hydrogen) atoms. The number of furan rings is 1. The third-order valence-electron chi connectivity index (χ3n) is 3.01. The van der Waals surface area contributed by atoms with Crippen molar-refractivity contribution in [2.75, 3.05) is 18.5 Å². The van der Waals surface area contributed by atoms with Crippen molar-refractivity contribution in [3.05, 3.63) is 53.5 Å². The van der Waals surface area contributed by atoms with E-state index < -0.39 is 11.6 Å². The highest BCUT2D eigenvalue weighted by atomic mass is 19.1. The largest absolute Gasteiger partial charge is 0.467 e. The van der Waals surface area contributed by atoms with Gasteiger partial charge < -0.3 is 14.6 Å². The molecule has 0 bridgehead atoms. The molecular formula is C15H18F2N2O. The summed E-state index contributed by atoms with van der Waals surface area (Å²) in [7, 11) is 1.63. The van der Waals surface area contributed by atoms with Crippen molar-refractivity contribution in [3.8, 4) is 0 Å². The second-order valence-corrected chi connectivity index (χ2v) is 4.62. The van der Waals surface area contributed by atoms with Crippen LogP contribution in [0.1, 0.15) is 18.2 Å². The van der Waals surface area contributed by atoms with E-state index in [0.29, 0.717) is 24.4 Å². The Morgan fingerprint density at radius 1 is 1.25 bits per heavy atom. The van der Waals surface area contributed by atoms with Gasteiger partial charge in [0.15, 0.2) is 0 Å². The van der Waals surface area contributed by atoms with E-state index in [0.717, 1.165) is 6.54 Å². The third-order valence-corrected chi connectivity index (χ3v) is 3.01. The van der Waals surface area contributed by atoms with Crippen LogP contribution in [0.4, 0.5) is 14.5 Å². The maximum absolute atomic E-state index is 14.1. The van der Waals surface area contributed by atoms with Gasteiger partial charge in [0.1, 0.15) is 23.1 Å². The number of halogens is 2. The van der Waals surface area contributed by atoms with E-state index in [1.54, 1.807) is 19.2 Å². The van der Waals surface area contributed by atoms with E-state index in [1.165, 1.54) is 23.3 Å². The van der Waals surface area contributed by atoms with Crippen LogP contribution in [0.2, 0.25) is 0 Å². The zero-order valence-electron chi connectivity index (χ0n) is 11.6. The zero-order valence-corrected chi connectivity index (χ0v) is 11.6. The Morgan fingerprint density at radius 3 is 2.50 bits per heavy atom. The summed E-state index contributed by atoms with van der Waals surface area (Å²) < 4.78 is 33.3. The highest BCUT2D eigenvalue weighted by Crippen LogP contribution is 2.25. The van der Waals surface area contributed by atoms with Crippen LogP contribution >= 0.6 is 0 Å². The first kappa shape index (κ1) is 14.5. The van der Waals surface area contributed by atoms with Crippen LogP contribution in [0.15, 0.2) is 34.9 Å². The van der Waals surface area contributed by atoms with Gasteiger partial charge in [-0.25, -0.2) is 8.78 Å². The molecule has 0 aliphatic rings. The Bertz CT molecular complexity index is 532. The van der Waals surface area contributed by atoms with E-state index >= 15 is 0 Å². The van der Waals surface area contributed by atoms with Gasteiger partial charge in [-0.2, -0.15) is 0 Å². The van der Waals surface area contributed by atoms with E-state index in [1.807, 2.05) is 6.92 Å². The smallest absolute Gasteiger partial charge is 0.149 e. The van der Waals surface area contributed by atoms with Gasteiger partial charge in [0.25, 0.3) is 0 Å². The molecule has 0 unspecified atom stereocenters. The Kier molecular flexibility index (Phi) is 4.74. The maximum Gasteiger partial charge on any atom is 0.149 e. The summed E-state index contributed by atoms with van der Waals surface area (Å²) in [6, 6.07) is 6.24. The summed E-state index contributed by atoms with van der Waals surface area (Å²) in [6.45, 7) is 3.46. The molecule has 0 atom stereocenters. The van der Waals surface area contributed by atoms with Gasteiger partial charge in [-0.1, -0.05) is 6.92 Å². The first-order chi connectivity index (χ1) is 9.61. The van der Waals surface area contributed by atoms with Crippen LogP contribution in [-0.2, 0) is 13.1 Å². The molecule has 0 fully saturated rings. The number of anilines is 1. The van der Waals surface area contributed by atoms with Crippen LogP contribution in [-0.4, -0.2) is 13.6 Å². The summed E-state index contributed by atoms with van der Waals surface area (Å²) in [5, 5.41) is 3.04. The van der Waals surface area contributed by atoms with E-state index in [-0.39, 0.29) is 5.69 Å². The molecule has 0 saturated carbocycles. The number of nitrogens with zero attached hydrogens (tertiary/aromatic N) is 1. The number of benzene rings is 1. The summed E-state index contributed by atoms with van der Waals surface area (Å²) in [4.78, 5) is 1.50. The van der Waals surface area contributed by atoms with Gasteiger partial charge in [0.05, 0.1) is 12.8 Å². The summed E-state index contributed by atoms with van der Waals surface area (Å²) >= 11 is 0. The zero-order chi connectivity index (χ0) is 14.5. The Hall–Kier alpha value is -1.88. The fourth-order valence-electron chi connectivity index (χ4n) is 2.07. The maximum atomic E-state index is 14.1. The standard InChI is InChI=1S/C15H18F2N2O/c1-3-18-9-11-7-13(16)15(14(17)8-11)19(2)10-12-5-4-6-20-12/h4-8,18H,3,9-10H2,1-2H3. The van der Waals surface area contributed by atoms with Crippen molar-refractivity contribution in [2.24, 2.45) is 0 Å². The Morgan fingerprint density at radius 2 is 1.95 bits per heavy atom. The van der Waals surface area contributed by atoms with Gasteiger partial charge in [0, 0.05) is 13.6 Å². The molecular weight excluding hydrogens is 262 g/mol. The van der Waals surface area contributed by atoms with Gasteiger partial charge in [-0.05, 0) is 36.4 Å². The van der Waals surface area contributed by atoms with Crippen LogP contribution < -0.4 is 10.2 Å². The van der Waals surface area contributed by atoms with Crippen molar-refractivity contribution >= 4 is 5.69 Å². The molecule has 5 heteroatoms. The fraction of sp³-hybridized carbons (Fsp3) is 0.333. The number of nitrogens with one attached hydrogen (secondary N) is 1. The molecule has 1 aromatic heterocycles. The topological polar surface area (TPSA) is 28.4 Å². The molecule has 1 heterocycles. The Balaban J connectivity index is 2.18. The van der Waals surface area contributed by atoms with Crippen molar-refractivity contribution in [2.45, 2.75) is 20.0 Å². The van der Waals surface area contributed by atoms with Gasteiger partial charge in [0.2, 0.25) is 0 Å². The molecule has 0 aliphatic carbocycles. The molecule has 0 amide bonds. The quantitative estimate of drug-likeness (QED) is 0.880. The highest BCUT2D eigenvalue weighted by Gasteiger charge is 2.16. The predicted molar refractivity (Wildman–Crippen MR) is 74.6 cm³/mol. The van der Waals surface area contributed by atoms with E-state index in [9.17, 15) is 8.78 Å². The second kappa shape index (κ2) is 6.52. The van der Waals surface area contributed by atoms with E-state index in [2.05, 4.69) is 5.32 Å². The minimum absolute atomic E-state index is 0.0401. The number of hydrogen-bond donors (Lipinski definition) is 1. The van der Waals surface area contributed by atoms with Crippen LogP contribution in [0.25, 0.3) is 0 Å². The summed E-state index contributed by atoms with van der Waals surface area (Å²) in [5.41, 5.74) is 0.554. The SMILES string of the molecule is CCNCc1cc(F)c(N(C)Cc2ccco2)c(F)c1. The minimum atomic E-state index is -0.563. The van der Waals surface area contributed by atoms with Gasteiger partial charge in [-0.3, -0.25) is 0 Å². The first-order valence-electron chi connectivity index (χ1n) is 6.54. The van der Waals surface area contributed by atoms with Crippen LogP contribution in [0.3, 0.4) is 0 Å². The Labute approximate surface area is 117 Å². The minimum Gasteiger partial charge on any atom is -0.467 e. The molecule has 0 aliphatic heterocycles. The average Bonchev–Trinajstić information content (AvgIpc) is 2.88. The molecule has 2 rings (SSSR count). The van der Waals surface area contributed by atoms with Crippen molar-refractivity contribution in [1.82, 2.24) is 5.32 Å². The van der Waals surface area contributed by atoms with Crippen LogP contribution in [0.5, 0.6) is 0 Å². The van der Waals surface area contributed by atoms with Crippen molar-refractivity contribution in [1.29, 1.82) is 0 Å². The van der Waals surface area contributed by atoms with Crippen molar-refractivity contribution < 1.29 is 13.2 Å². The molecule has 3 nitrogen and oxygen atoms in total. The second-order valence-electron chi connectivity index (χ2n) is 4.62. The lowest BCUT2D eigenvalue weighted by Gasteiger charge is -2.20. The van der Waals surface area contributed by atoms with Gasteiger partial charge in [-0.15, -0.1) is 0 Å². The molecule has 0 spiro atoms.